The molecule has 1 aromatic heterocycles. The summed E-state index contributed by atoms with van der Waals surface area (Å²) in [6, 6.07) is 4.00. The second kappa shape index (κ2) is 4.58. The number of rotatable bonds is 1. The largest absolute Gasteiger partial charge is 0.323 e. The van der Waals surface area contributed by atoms with E-state index in [0.717, 1.165) is 5.56 Å². The van der Waals surface area contributed by atoms with E-state index < -0.39 is 0 Å². The Labute approximate surface area is 86.0 Å². The van der Waals surface area contributed by atoms with Crippen LogP contribution >= 0.6 is 12.4 Å². The highest BCUT2D eigenvalue weighted by Crippen LogP contribution is 2.29. The van der Waals surface area contributed by atoms with Crippen molar-refractivity contribution in [1.82, 2.24) is 4.98 Å². The van der Waals surface area contributed by atoms with Crippen molar-refractivity contribution in [3.63, 3.8) is 0 Å². The van der Waals surface area contributed by atoms with Crippen molar-refractivity contribution in [2.24, 2.45) is 11.1 Å². The summed E-state index contributed by atoms with van der Waals surface area (Å²) in [5.74, 6) is 0. The normalized spacial score (nSPS) is 13.2. The van der Waals surface area contributed by atoms with Gasteiger partial charge in [-0.1, -0.05) is 26.8 Å². The van der Waals surface area contributed by atoms with Crippen molar-refractivity contribution >= 4 is 12.4 Å². The minimum absolute atomic E-state index is 0. The van der Waals surface area contributed by atoms with E-state index in [1.807, 2.05) is 18.3 Å². The molecular weight excluding hydrogens is 184 g/mol. The molecule has 0 saturated heterocycles. The maximum atomic E-state index is 6.03. The molecule has 0 radical (unpaired) electrons. The molecule has 2 nitrogen and oxygen atoms in total. The summed E-state index contributed by atoms with van der Waals surface area (Å²) in [7, 11) is 0. The molecule has 0 aromatic carbocycles. The molecule has 0 saturated carbocycles. The first-order valence-corrected chi connectivity index (χ1v) is 4.17. The van der Waals surface area contributed by atoms with Crippen LogP contribution < -0.4 is 5.73 Å². The number of aromatic nitrogens is 1. The van der Waals surface area contributed by atoms with Crippen LogP contribution in [0.4, 0.5) is 0 Å². The molecule has 0 aliphatic heterocycles. The van der Waals surface area contributed by atoms with Crippen molar-refractivity contribution in [1.29, 1.82) is 0 Å². The predicted octanol–water partition coefficient (Wildman–Crippen LogP) is 2.55. The molecule has 1 heterocycles. The maximum Gasteiger partial charge on any atom is 0.0359 e. The Balaban J connectivity index is 0.00000144. The summed E-state index contributed by atoms with van der Waals surface area (Å²) >= 11 is 0. The number of halogens is 1. The number of hydrogen-bond acceptors (Lipinski definition) is 2. The van der Waals surface area contributed by atoms with E-state index in [-0.39, 0.29) is 23.9 Å². The maximum absolute atomic E-state index is 6.03. The summed E-state index contributed by atoms with van der Waals surface area (Å²) < 4.78 is 0. The van der Waals surface area contributed by atoms with Gasteiger partial charge in [0.1, 0.15) is 0 Å². The lowest BCUT2D eigenvalue weighted by atomic mass is 9.84. The van der Waals surface area contributed by atoms with Crippen LogP contribution in [-0.4, -0.2) is 4.98 Å². The molecule has 13 heavy (non-hydrogen) atoms. The zero-order valence-corrected chi connectivity index (χ0v) is 9.14. The van der Waals surface area contributed by atoms with Gasteiger partial charge in [0.05, 0.1) is 0 Å². The molecule has 1 rings (SSSR count). The highest BCUT2D eigenvalue weighted by atomic mass is 35.5. The van der Waals surface area contributed by atoms with Crippen LogP contribution in [0.15, 0.2) is 24.5 Å². The fourth-order valence-electron chi connectivity index (χ4n) is 1.06. The topological polar surface area (TPSA) is 38.9 Å². The lowest BCUT2D eigenvalue weighted by Gasteiger charge is -2.26. The molecule has 0 spiro atoms. The van der Waals surface area contributed by atoms with E-state index in [4.69, 9.17) is 5.73 Å². The van der Waals surface area contributed by atoms with Gasteiger partial charge in [-0.15, -0.1) is 12.4 Å². The van der Waals surface area contributed by atoms with Crippen LogP contribution in [-0.2, 0) is 0 Å². The van der Waals surface area contributed by atoms with Crippen molar-refractivity contribution in [2.45, 2.75) is 26.8 Å². The van der Waals surface area contributed by atoms with Gasteiger partial charge in [-0.2, -0.15) is 0 Å². The van der Waals surface area contributed by atoms with Crippen molar-refractivity contribution in [3.8, 4) is 0 Å². The molecule has 74 valence electrons. The Morgan fingerprint density at radius 3 is 2.38 bits per heavy atom. The molecule has 2 N–H and O–H groups in total. The van der Waals surface area contributed by atoms with E-state index in [9.17, 15) is 0 Å². The summed E-state index contributed by atoms with van der Waals surface area (Å²) in [6.45, 7) is 6.39. The molecule has 1 atom stereocenters. The molecule has 0 bridgehead atoms. The van der Waals surface area contributed by atoms with Crippen LogP contribution in [0.5, 0.6) is 0 Å². The first-order chi connectivity index (χ1) is 5.52. The molecule has 1 aromatic rings. The number of nitrogens with zero attached hydrogens (tertiary/aromatic N) is 1. The molecule has 0 aliphatic rings. The highest BCUT2D eigenvalue weighted by Gasteiger charge is 2.21. The molecule has 0 amide bonds. The summed E-state index contributed by atoms with van der Waals surface area (Å²) in [5, 5.41) is 0. The average molecular weight is 201 g/mol. The second-order valence-corrected chi connectivity index (χ2v) is 4.13. The number of hydrogen-bond donors (Lipinski definition) is 1. The van der Waals surface area contributed by atoms with E-state index in [1.165, 1.54) is 0 Å². The third-order valence-corrected chi connectivity index (χ3v) is 1.98. The van der Waals surface area contributed by atoms with E-state index in [2.05, 4.69) is 25.8 Å². The monoisotopic (exact) mass is 200 g/mol. The van der Waals surface area contributed by atoms with E-state index >= 15 is 0 Å². The number of nitrogens with two attached hydrogens (primary N) is 1. The fraction of sp³-hybridized carbons (Fsp3) is 0.500. The lowest BCUT2D eigenvalue weighted by molar-refractivity contribution is 0.326. The summed E-state index contributed by atoms with van der Waals surface area (Å²) in [4.78, 5) is 4.04. The first-order valence-electron chi connectivity index (χ1n) is 4.17. The van der Waals surface area contributed by atoms with Crippen molar-refractivity contribution < 1.29 is 0 Å². The van der Waals surface area contributed by atoms with Gasteiger partial charge in [-0.05, 0) is 17.0 Å². The van der Waals surface area contributed by atoms with Crippen LogP contribution in [0.3, 0.4) is 0 Å². The zero-order chi connectivity index (χ0) is 9.19. The Hall–Kier alpha value is -0.600. The van der Waals surface area contributed by atoms with Gasteiger partial charge >= 0.3 is 0 Å². The van der Waals surface area contributed by atoms with Crippen LogP contribution in [0.1, 0.15) is 32.4 Å². The van der Waals surface area contributed by atoms with Gasteiger partial charge in [-0.3, -0.25) is 4.98 Å². The zero-order valence-electron chi connectivity index (χ0n) is 8.32. The fourth-order valence-corrected chi connectivity index (χ4v) is 1.06. The number of pyridine rings is 1. The molecule has 3 heteroatoms. The Kier molecular flexibility index (Phi) is 4.37. The minimum Gasteiger partial charge on any atom is -0.323 e. The first kappa shape index (κ1) is 12.4. The van der Waals surface area contributed by atoms with Gasteiger partial charge in [-0.25, -0.2) is 0 Å². The summed E-state index contributed by atoms with van der Waals surface area (Å²) in [6.07, 6.45) is 3.59. The third kappa shape index (κ3) is 3.33. The predicted molar refractivity (Wildman–Crippen MR) is 57.9 cm³/mol. The van der Waals surface area contributed by atoms with Gasteiger partial charge in [0, 0.05) is 18.4 Å². The molecule has 0 aliphatic carbocycles. The third-order valence-electron chi connectivity index (χ3n) is 1.98. The SMILES string of the molecule is CC(C)(C)[C@@H](N)c1cccnc1.Cl. The van der Waals surface area contributed by atoms with Gasteiger partial charge in [0.25, 0.3) is 0 Å². The van der Waals surface area contributed by atoms with Crippen molar-refractivity contribution in [3.05, 3.63) is 30.1 Å². The Morgan fingerprint density at radius 1 is 1.38 bits per heavy atom. The minimum atomic E-state index is 0. The van der Waals surface area contributed by atoms with Crippen molar-refractivity contribution in [2.75, 3.05) is 0 Å². The standard InChI is InChI=1S/C10H16N2.ClH/c1-10(2,3)9(11)8-5-4-6-12-7-8;/h4-7,9H,11H2,1-3H3;1H/t9-;/m0./s1. The van der Waals surface area contributed by atoms with Gasteiger partial charge in [0.15, 0.2) is 0 Å². The van der Waals surface area contributed by atoms with Gasteiger partial charge in [0.2, 0.25) is 0 Å². The smallest absolute Gasteiger partial charge is 0.0359 e. The Morgan fingerprint density at radius 2 is 2.00 bits per heavy atom. The van der Waals surface area contributed by atoms with Crippen LogP contribution in [0.25, 0.3) is 0 Å². The van der Waals surface area contributed by atoms with E-state index in [1.54, 1.807) is 6.20 Å². The highest BCUT2D eigenvalue weighted by molar-refractivity contribution is 5.85. The molecule has 0 fully saturated rings. The summed E-state index contributed by atoms with van der Waals surface area (Å²) in [5.41, 5.74) is 7.23. The lowest BCUT2D eigenvalue weighted by Crippen LogP contribution is -2.26. The van der Waals surface area contributed by atoms with Crippen LogP contribution in [0, 0.1) is 5.41 Å². The average Bonchev–Trinajstić information content (AvgIpc) is 2.03. The molecule has 0 unspecified atom stereocenters. The quantitative estimate of drug-likeness (QED) is 0.757. The molecular formula is C10H17ClN2. The Bertz CT molecular complexity index is 241. The second-order valence-electron chi connectivity index (χ2n) is 4.13. The van der Waals surface area contributed by atoms with E-state index in [0.29, 0.717) is 0 Å². The van der Waals surface area contributed by atoms with Crippen LogP contribution in [0.2, 0.25) is 0 Å². The van der Waals surface area contributed by atoms with Gasteiger partial charge < -0.3 is 5.73 Å².